The molecule has 0 radical (unpaired) electrons. The topological polar surface area (TPSA) is 71.1 Å². The maximum Gasteiger partial charge on any atom is 0.254 e. The Bertz CT molecular complexity index is 1250. The van der Waals surface area contributed by atoms with Crippen molar-refractivity contribution < 1.29 is 9.53 Å². The van der Waals surface area contributed by atoms with Crippen molar-refractivity contribution in [1.82, 2.24) is 20.1 Å². The third kappa shape index (κ3) is 4.25. The van der Waals surface area contributed by atoms with Gasteiger partial charge < -0.3 is 9.64 Å². The molecule has 0 unspecified atom stereocenters. The van der Waals surface area contributed by atoms with E-state index in [1.807, 2.05) is 50.2 Å². The lowest BCUT2D eigenvalue weighted by Gasteiger charge is -2.19. The second kappa shape index (κ2) is 8.78. The van der Waals surface area contributed by atoms with Crippen molar-refractivity contribution in [2.45, 2.75) is 20.4 Å². The summed E-state index contributed by atoms with van der Waals surface area (Å²) in [4.78, 5) is 19.2. The summed E-state index contributed by atoms with van der Waals surface area (Å²) in [5, 5.41) is 8.74. The molecule has 2 heterocycles. The van der Waals surface area contributed by atoms with Gasteiger partial charge in [-0.25, -0.2) is 0 Å². The number of rotatable bonds is 6. The molecule has 0 bridgehead atoms. The Balaban J connectivity index is 1.62. The van der Waals surface area contributed by atoms with E-state index in [2.05, 4.69) is 15.2 Å². The lowest BCUT2D eigenvalue weighted by Crippen LogP contribution is -2.26. The number of halogens is 1. The molecule has 2 aromatic heterocycles. The second-order valence-corrected chi connectivity index (χ2v) is 7.78. The number of carbonyl (C=O) groups is 1. The average molecular weight is 435 g/mol. The molecule has 4 aromatic rings. The molecule has 0 aliphatic heterocycles. The highest BCUT2D eigenvalue weighted by Crippen LogP contribution is 2.33. The molecular formula is C24H23ClN4O2. The van der Waals surface area contributed by atoms with Crippen molar-refractivity contribution in [3.8, 4) is 16.9 Å². The number of hydrogen-bond acceptors (Lipinski definition) is 4. The van der Waals surface area contributed by atoms with Gasteiger partial charge in [0.2, 0.25) is 0 Å². The molecule has 1 amide bonds. The minimum Gasteiger partial charge on any atom is -0.493 e. The van der Waals surface area contributed by atoms with Gasteiger partial charge in [0.25, 0.3) is 5.91 Å². The average Bonchev–Trinajstić information content (AvgIpc) is 3.26. The van der Waals surface area contributed by atoms with Gasteiger partial charge in [-0.05, 0) is 49.7 Å². The number of aryl methyl sites for hydroxylation is 1. The van der Waals surface area contributed by atoms with E-state index in [0.29, 0.717) is 29.5 Å². The standard InChI is InChI=1S/C24H23ClN4O2/c1-4-31-22-11-17(8-9-20(22)16-6-5-7-19(25)10-16)24(30)29(3)14-18-12-26-15(2)21-13-27-28-23(18)21/h5-13H,4,14H2,1-3H3,(H,27,28). The minimum atomic E-state index is -0.105. The Labute approximate surface area is 185 Å². The number of aromatic amines is 1. The number of carbonyl (C=O) groups excluding carboxylic acids is 1. The molecule has 6 nitrogen and oxygen atoms in total. The molecule has 0 aliphatic rings. The highest BCUT2D eigenvalue weighted by molar-refractivity contribution is 6.30. The fourth-order valence-electron chi connectivity index (χ4n) is 3.61. The molecule has 2 aromatic carbocycles. The van der Waals surface area contributed by atoms with Crippen molar-refractivity contribution in [1.29, 1.82) is 0 Å². The normalized spacial score (nSPS) is 11.0. The molecule has 0 fully saturated rings. The van der Waals surface area contributed by atoms with E-state index < -0.39 is 0 Å². The van der Waals surface area contributed by atoms with Crippen LogP contribution in [0.1, 0.15) is 28.5 Å². The number of H-pyrrole nitrogens is 1. The highest BCUT2D eigenvalue weighted by atomic mass is 35.5. The van der Waals surface area contributed by atoms with E-state index in [1.165, 1.54) is 0 Å². The van der Waals surface area contributed by atoms with E-state index in [0.717, 1.165) is 33.3 Å². The first-order valence-electron chi connectivity index (χ1n) is 10.0. The third-order valence-electron chi connectivity index (χ3n) is 5.18. The van der Waals surface area contributed by atoms with Crippen molar-refractivity contribution in [3.63, 3.8) is 0 Å². The summed E-state index contributed by atoms with van der Waals surface area (Å²) in [6.07, 6.45) is 3.54. The number of nitrogens with one attached hydrogen (secondary N) is 1. The van der Waals surface area contributed by atoms with Gasteiger partial charge in [0.15, 0.2) is 0 Å². The number of benzene rings is 2. The predicted molar refractivity (Wildman–Crippen MR) is 122 cm³/mol. The molecule has 0 aliphatic carbocycles. The second-order valence-electron chi connectivity index (χ2n) is 7.34. The lowest BCUT2D eigenvalue weighted by molar-refractivity contribution is 0.0785. The number of nitrogens with zero attached hydrogens (tertiary/aromatic N) is 3. The van der Waals surface area contributed by atoms with Gasteiger partial charge in [-0.1, -0.05) is 23.7 Å². The molecule has 0 saturated carbocycles. The van der Waals surface area contributed by atoms with Crippen molar-refractivity contribution >= 4 is 28.4 Å². The zero-order valence-electron chi connectivity index (χ0n) is 17.6. The summed E-state index contributed by atoms with van der Waals surface area (Å²) in [5.74, 6) is 0.545. The van der Waals surface area contributed by atoms with Gasteiger partial charge in [-0.2, -0.15) is 5.10 Å². The van der Waals surface area contributed by atoms with Crippen LogP contribution in [0.3, 0.4) is 0 Å². The smallest absolute Gasteiger partial charge is 0.254 e. The predicted octanol–water partition coefficient (Wildman–Crippen LogP) is 5.26. The summed E-state index contributed by atoms with van der Waals surface area (Å²) in [6, 6.07) is 13.1. The number of fused-ring (bicyclic) bond motifs is 1. The minimum absolute atomic E-state index is 0.105. The van der Waals surface area contributed by atoms with Crippen LogP contribution in [0, 0.1) is 6.92 Å². The Morgan fingerprint density at radius 3 is 2.81 bits per heavy atom. The SMILES string of the molecule is CCOc1cc(C(=O)N(C)Cc2cnc(C)c3cn[nH]c23)ccc1-c1cccc(Cl)c1. The van der Waals surface area contributed by atoms with Crippen LogP contribution in [-0.2, 0) is 6.54 Å². The fourth-order valence-corrected chi connectivity index (χ4v) is 3.80. The molecule has 0 saturated heterocycles. The van der Waals surface area contributed by atoms with Gasteiger partial charge in [-0.15, -0.1) is 0 Å². The van der Waals surface area contributed by atoms with Crippen LogP contribution in [0.25, 0.3) is 22.0 Å². The van der Waals surface area contributed by atoms with Crippen molar-refractivity contribution in [2.75, 3.05) is 13.7 Å². The maximum atomic E-state index is 13.2. The van der Waals surface area contributed by atoms with Gasteiger partial charge >= 0.3 is 0 Å². The summed E-state index contributed by atoms with van der Waals surface area (Å²) in [6.45, 7) is 4.76. The Morgan fingerprint density at radius 2 is 2.03 bits per heavy atom. The first-order chi connectivity index (χ1) is 15.0. The molecule has 0 atom stereocenters. The van der Waals surface area contributed by atoms with Crippen LogP contribution in [0.4, 0.5) is 0 Å². The number of ether oxygens (including phenoxy) is 1. The molecule has 7 heteroatoms. The zero-order chi connectivity index (χ0) is 22.0. The first kappa shape index (κ1) is 20.9. The molecule has 31 heavy (non-hydrogen) atoms. The first-order valence-corrected chi connectivity index (χ1v) is 10.4. The largest absolute Gasteiger partial charge is 0.493 e. The molecule has 4 rings (SSSR count). The Kier molecular flexibility index (Phi) is 5.91. The quantitative estimate of drug-likeness (QED) is 0.449. The number of amides is 1. The Morgan fingerprint density at radius 1 is 1.19 bits per heavy atom. The Hall–Kier alpha value is -3.38. The summed E-state index contributed by atoms with van der Waals surface area (Å²) < 4.78 is 5.84. The van der Waals surface area contributed by atoms with Crippen LogP contribution in [0.15, 0.2) is 54.9 Å². The van der Waals surface area contributed by atoms with Crippen LogP contribution < -0.4 is 4.74 Å². The van der Waals surface area contributed by atoms with E-state index >= 15 is 0 Å². The summed E-state index contributed by atoms with van der Waals surface area (Å²) >= 11 is 6.15. The molecule has 158 valence electrons. The fraction of sp³-hybridized carbons (Fsp3) is 0.208. The van der Waals surface area contributed by atoms with Crippen LogP contribution in [0.5, 0.6) is 5.75 Å². The maximum absolute atomic E-state index is 13.2. The van der Waals surface area contributed by atoms with Crippen molar-refractivity contribution in [3.05, 3.63) is 76.7 Å². The third-order valence-corrected chi connectivity index (χ3v) is 5.42. The van der Waals surface area contributed by atoms with Gasteiger partial charge in [0.1, 0.15) is 5.75 Å². The lowest BCUT2D eigenvalue weighted by atomic mass is 10.0. The zero-order valence-corrected chi connectivity index (χ0v) is 18.4. The van der Waals surface area contributed by atoms with Crippen LogP contribution in [0.2, 0.25) is 5.02 Å². The molecular weight excluding hydrogens is 412 g/mol. The van der Waals surface area contributed by atoms with E-state index in [4.69, 9.17) is 16.3 Å². The van der Waals surface area contributed by atoms with Crippen LogP contribution >= 0.6 is 11.6 Å². The van der Waals surface area contributed by atoms with E-state index in [-0.39, 0.29) is 5.91 Å². The van der Waals surface area contributed by atoms with E-state index in [9.17, 15) is 4.79 Å². The summed E-state index contributed by atoms with van der Waals surface area (Å²) in [5.41, 5.74) is 5.10. The number of aromatic nitrogens is 3. The van der Waals surface area contributed by atoms with Gasteiger partial charge in [0.05, 0.1) is 18.3 Å². The number of pyridine rings is 1. The van der Waals surface area contributed by atoms with E-state index in [1.54, 1.807) is 30.4 Å². The van der Waals surface area contributed by atoms with Crippen LogP contribution in [-0.4, -0.2) is 39.6 Å². The van der Waals surface area contributed by atoms with Crippen molar-refractivity contribution in [2.24, 2.45) is 0 Å². The molecule has 0 spiro atoms. The highest BCUT2D eigenvalue weighted by Gasteiger charge is 2.17. The monoisotopic (exact) mass is 434 g/mol. The molecule has 1 N–H and O–H groups in total. The van der Waals surface area contributed by atoms with Gasteiger partial charge in [0, 0.05) is 52.6 Å². The number of hydrogen-bond donors (Lipinski definition) is 1. The summed E-state index contributed by atoms with van der Waals surface area (Å²) in [7, 11) is 1.77. The van der Waals surface area contributed by atoms with Gasteiger partial charge in [-0.3, -0.25) is 14.9 Å².